The van der Waals surface area contributed by atoms with Gasteiger partial charge in [-0.25, -0.2) is 0 Å². The van der Waals surface area contributed by atoms with Crippen LogP contribution in [0.25, 0.3) is 0 Å². The molecule has 116 valence electrons. The Balaban J connectivity index is 2.12. The Morgan fingerprint density at radius 1 is 1.33 bits per heavy atom. The predicted molar refractivity (Wildman–Crippen MR) is 87.7 cm³/mol. The van der Waals surface area contributed by atoms with Crippen LogP contribution in [0, 0.1) is 0 Å². The van der Waals surface area contributed by atoms with Gasteiger partial charge in [0.25, 0.3) is 0 Å². The van der Waals surface area contributed by atoms with Crippen molar-refractivity contribution in [3.8, 4) is 5.75 Å². The maximum Gasteiger partial charge on any atom is 0.233 e. The van der Waals surface area contributed by atoms with Crippen molar-refractivity contribution < 1.29 is 9.53 Å². The number of hydrogen-bond acceptors (Lipinski definition) is 4. The summed E-state index contributed by atoms with van der Waals surface area (Å²) >= 11 is 1.69. The van der Waals surface area contributed by atoms with E-state index in [1.54, 1.807) is 18.9 Å². The highest BCUT2D eigenvalue weighted by molar-refractivity contribution is 8.00. The molecule has 0 bridgehead atoms. The number of thioether (sulfide) groups is 1. The number of amides is 1. The van der Waals surface area contributed by atoms with Crippen LogP contribution in [0.2, 0.25) is 0 Å². The quantitative estimate of drug-likeness (QED) is 0.775. The third-order valence-corrected chi connectivity index (χ3v) is 5.16. The normalized spacial score (nSPS) is 18.6. The molecule has 4 nitrogen and oxygen atoms in total. The summed E-state index contributed by atoms with van der Waals surface area (Å²) in [5.74, 6) is 1.64. The molecule has 0 N–H and O–H groups in total. The van der Waals surface area contributed by atoms with E-state index in [4.69, 9.17) is 4.74 Å². The summed E-state index contributed by atoms with van der Waals surface area (Å²) in [5, 5.41) is 0.0733. The van der Waals surface area contributed by atoms with Gasteiger partial charge >= 0.3 is 0 Å². The van der Waals surface area contributed by atoms with Crippen molar-refractivity contribution in [1.82, 2.24) is 9.80 Å². The first-order valence-corrected chi connectivity index (χ1v) is 8.52. The lowest BCUT2D eigenvalue weighted by atomic mass is 10.2. The van der Waals surface area contributed by atoms with Gasteiger partial charge in [-0.1, -0.05) is 32.0 Å². The van der Waals surface area contributed by atoms with Crippen LogP contribution in [-0.4, -0.2) is 54.7 Å². The standard InChI is InChI=1S/C16H24N2O2S/c1-4-17(5-2)10-11-18-15(19)12-21-16(18)13-8-6-7-9-14(13)20-3/h6-9,16H,4-5,10-12H2,1-3H3. The Morgan fingerprint density at radius 3 is 2.71 bits per heavy atom. The van der Waals surface area contributed by atoms with Gasteiger partial charge in [0, 0.05) is 18.7 Å². The second-order valence-electron chi connectivity index (χ2n) is 5.02. The average Bonchev–Trinajstić information content (AvgIpc) is 2.89. The summed E-state index contributed by atoms with van der Waals surface area (Å²) in [4.78, 5) is 16.5. The first kappa shape index (κ1) is 16.2. The molecule has 1 aromatic carbocycles. The molecule has 21 heavy (non-hydrogen) atoms. The maximum atomic E-state index is 12.2. The molecule has 1 aliphatic heterocycles. The van der Waals surface area contributed by atoms with Crippen molar-refractivity contribution in [2.45, 2.75) is 19.2 Å². The van der Waals surface area contributed by atoms with Crippen LogP contribution in [-0.2, 0) is 4.79 Å². The number of hydrogen-bond donors (Lipinski definition) is 0. The molecule has 1 unspecified atom stereocenters. The van der Waals surface area contributed by atoms with Crippen LogP contribution in [0.5, 0.6) is 5.75 Å². The Bertz CT molecular complexity index is 477. The van der Waals surface area contributed by atoms with Crippen LogP contribution < -0.4 is 4.74 Å². The summed E-state index contributed by atoms with van der Waals surface area (Å²) in [6.45, 7) is 8.04. The van der Waals surface area contributed by atoms with Gasteiger partial charge in [0.05, 0.1) is 12.9 Å². The molecule has 0 aromatic heterocycles. The Morgan fingerprint density at radius 2 is 2.05 bits per heavy atom. The molecule has 1 saturated heterocycles. The third-order valence-electron chi connectivity index (χ3n) is 3.92. The van der Waals surface area contributed by atoms with Gasteiger partial charge in [-0.15, -0.1) is 11.8 Å². The lowest BCUT2D eigenvalue weighted by molar-refractivity contribution is -0.128. The zero-order valence-corrected chi connectivity index (χ0v) is 13.9. The van der Waals surface area contributed by atoms with Crippen molar-refractivity contribution in [1.29, 1.82) is 0 Å². The molecule has 1 atom stereocenters. The van der Waals surface area contributed by atoms with Crippen LogP contribution in [0.1, 0.15) is 24.8 Å². The van der Waals surface area contributed by atoms with Gasteiger partial charge in [0.15, 0.2) is 0 Å². The summed E-state index contributed by atoms with van der Waals surface area (Å²) in [7, 11) is 1.68. The second-order valence-corrected chi connectivity index (χ2v) is 6.09. The van der Waals surface area contributed by atoms with E-state index < -0.39 is 0 Å². The van der Waals surface area contributed by atoms with Crippen molar-refractivity contribution in [2.75, 3.05) is 39.0 Å². The number of methoxy groups -OCH3 is 1. The molecule has 0 radical (unpaired) electrons. The number of carbonyl (C=O) groups excluding carboxylic acids is 1. The minimum absolute atomic E-state index is 0.0733. The summed E-state index contributed by atoms with van der Waals surface area (Å²) < 4.78 is 5.45. The van der Waals surface area contributed by atoms with Crippen molar-refractivity contribution >= 4 is 17.7 Å². The molecule has 2 rings (SSSR count). The van der Waals surface area contributed by atoms with E-state index in [1.807, 2.05) is 23.1 Å². The largest absolute Gasteiger partial charge is 0.496 e. The Labute approximate surface area is 131 Å². The van der Waals surface area contributed by atoms with E-state index in [9.17, 15) is 4.79 Å². The number of likely N-dealkylation sites (N-methyl/N-ethyl adjacent to an activating group) is 1. The molecule has 1 amide bonds. The van der Waals surface area contributed by atoms with Crippen molar-refractivity contribution in [3.05, 3.63) is 29.8 Å². The highest BCUT2D eigenvalue weighted by Crippen LogP contribution is 2.42. The Kier molecular flexibility index (Phi) is 5.94. The molecular formula is C16H24N2O2S. The number of ether oxygens (including phenoxy) is 1. The number of benzene rings is 1. The van der Waals surface area contributed by atoms with E-state index in [-0.39, 0.29) is 11.3 Å². The fourth-order valence-corrected chi connectivity index (χ4v) is 3.86. The molecule has 1 aliphatic rings. The molecule has 0 spiro atoms. The second kappa shape index (κ2) is 7.71. The number of nitrogens with zero attached hydrogens (tertiary/aromatic N) is 2. The van der Waals surface area contributed by atoms with Crippen molar-refractivity contribution in [3.63, 3.8) is 0 Å². The first-order chi connectivity index (χ1) is 10.2. The summed E-state index contributed by atoms with van der Waals surface area (Å²) in [5.41, 5.74) is 1.09. The van der Waals surface area contributed by atoms with E-state index >= 15 is 0 Å². The monoisotopic (exact) mass is 308 g/mol. The van der Waals surface area contributed by atoms with E-state index in [0.717, 1.165) is 37.5 Å². The smallest absolute Gasteiger partial charge is 0.233 e. The van der Waals surface area contributed by atoms with Gasteiger partial charge in [-0.2, -0.15) is 0 Å². The number of para-hydroxylation sites is 1. The molecule has 1 fully saturated rings. The van der Waals surface area contributed by atoms with Crippen LogP contribution in [0.3, 0.4) is 0 Å². The fourth-order valence-electron chi connectivity index (χ4n) is 2.61. The zero-order valence-electron chi connectivity index (χ0n) is 13.0. The molecule has 1 heterocycles. The fraction of sp³-hybridized carbons (Fsp3) is 0.562. The molecular weight excluding hydrogens is 284 g/mol. The third kappa shape index (κ3) is 3.71. The number of rotatable bonds is 7. The van der Waals surface area contributed by atoms with Crippen molar-refractivity contribution in [2.24, 2.45) is 0 Å². The van der Waals surface area contributed by atoms with Gasteiger partial charge in [-0.05, 0) is 19.2 Å². The molecule has 0 aliphatic carbocycles. The highest BCUT2D eigenvalue weighted by Gasteiger charge is 2.34. The SMILES string of the molecule is CCN(CC)CCN1C(=O)CSC1c1ccccc1OC. The van der Waals surface area contributed by atoms with Crippen LogP contribution >= 0.6 is 11.8 Å². The molecule has 5 heteroatoms. The zero-order chi connectivity index (χ0) is 15.2. The minimum Gasteiger partial charge on any atom is -0.496 e. The van der Waals surface area contributed by atoms with Gasteiger partial charge < -0.3 is 14.5 Å². The number of carbonyl (C=O) groups is 1. The van der Waals surface area contributed by atoms with Gasteiger partial charge in [-0.3, -0.25) is 4.79 Å². The summed E-state index contributed by atoms with van der Waals surface area (Å²) in [6.07, 6.45) is 0. The van der Waals surface area contributed by atoms with Crippen LogP contribution in [0.4, 0.5) is 0 Å². The Hall–Kier alpha value is -1.20. The molecule has 1 aromatic rings. The topological polar surface area (TPSA) is 32.8 Å². The van der Waals surface area contributed by atoms with E-state index in [1.165, 1.54) is 0 Å². The van der Waals surface area contributed by atoms with E-state index in [0.29, 0.717) is 5.75 Å². The predicted octanol–water partition coefficient (Wildman–Crippen LogP) is 2.61. The maximum absolute atomic E-state index is 12.2. The average molecular weight is 308 g/mol. The summed E-state index contributed by atoms with van der Waals surface area (Å²) in [6, 6.07) is 7.98. The lowest BCUT2D eigenvalue weighted by Crippen LogP contribution is -2.37. The minimum atomic E-state index is 0.0733. The van der Waals surface area contributed by atoms with Gasteiger partial charge in [0.2, 0.25) is 5.91 Å². The first-order valence-electron chi connectivity index (χ1n) is 7.47. The lowest BCUT2D eigenvalue weighted by Gasteiger charge is -2.28. The molecule has 0 saturated carbocycles. The van der Waals surface area contributed by atoms with Gasteiger partial charge in [0.1, 0.15) is 11.1 Å². The van der Waals surface area contributed by atoms with Crippen LogP contribution in [0.15, 0.2) is 24.3 Å². The highest BCUT2D eigenvalue weighted by atomic mass is 32.2. The van der Waals surface area contributed by atoms with E-state index in [2.05, 4.69) is 24.8 Å².